The molecular weight excluding hydrogens is 540 g/mol. The number of amides is 1. The average molecular weight is 573 g/mol. The van der Waals surface area contributed by atoms with E-state index in [1.54, 1.807) is 26.2 Å². The molecule has 10 heteroatoms. The molecule has 41 heavy (non-hydrogen) atoms. The van der Waals surface area contributed by atoms with Gasteiger partial charge in [0.2, 0.25) is 5.71 Å². The number of carboxylic acids is 1. The molecule has 3 aromatic carbocycles. The van der Waals surface area contributed by atoms with Crippen LogP contribution in [0.5, 0.6) is 0 Å². The predicted octanol–water partition coefficient (Wildman–Crippen LogP) is 5.88. The van der Waals surface area contributed by atoms with Gasteiger partial charge >= 0.3 is 12.1 Å². The molecule has 9 nitrogen and oxygen atoms in total. The standard InChI is InChI=1S/C31H32N4O5S/c1-30(2,3)40-29(38)32-19-20-39-35-26(27(36)37)25-21-41-28(33-25)34-31(22-13-7-4-8-14-22,23-15-9-5-10-16-23)24-17-11-6-12-18-24/h4-18,21H,19-20H2,1-3H3,(H,32,38)(H,33,34)(H,36,37)/b35-26-. The quantitative estimate of drug-likeness (QED) is 0.0888. The first kappa shape index (κ1) is 29.3. The minimum atomic E-state index is -1.29. The number of rotatable bonds is 11. The van der Waals surface area contributed by atoms with E-state index in [1.807, 2.05) is 91.0 Å². The number of aliphatic carboxylic acids is 1. The van der Waals surface area contributed by atoms with Crippen LogP contribution < -0.4 is 10.6 Å². The fraction of sp³-hybridized carbons (Fsp3) is 0.226. The number of ether oxygens (including phenoxy) is 1. The molecule has 0 saturated heterocycles. The maximum absolute atomic E-state index is 12.0. The second-order valence-electron chi connectivity index (χ2n) is 10.0. The number of nitrogens with zero attached hydrogens (tertiary/aromatic N) is 2. The third kappa shape index (κ3) is 7.49. The van der Waals surface area contributed by atoms with Gasteiger partial charge in [-0.2, -0.15) is 0 Å². The van der Waals surface area contributed by atoms with E-state index < -0.39 is 23.2 Å². The maximum atomic E-state index is 12.0. The Hall–Kier alpha value is -4.70. The van der Waals surface area contributed by atoms with E-state index in [0.29, 0.717) is 5.13 Å². The molecule has 0 unspecified atom stereocenters. The van der Waals surface area contributed by atoms with E-state index in [0.717, 1.165) is 16.7 Å². The minimum Gasteiger partial charge on any atom is -0.476 e. The summed E-state index contributed by atoms with van der Waals surface area (Å²) in [6.45, 7) is 5.31. The summed E-state index contributed by atoms with van der Waals surface area (Å²) in [5, 5.41) is 21.9. The number of benzene rings is 3. The Labute approximate surface area is 242 Å². The Morgan fingerprint density at radius 1 is 0.878 bits per heavy atom. The van der Waals surface area contributed by atoms with E-state index in [-0.39, 0.29) is 24.6 Å². The van der Waals surface area contributed by atoms with Crippen LogP contribution in [0.4, 0.5) is 9.93 Å². The Morgan fingerprint density at radius 2 is 1.39 bits per heavy atom. The van der Waals surface area contributed by atoms with E-state index in [1.165, 1.54) is 11.3 Å². The van der Waals surface area contributed by atoms with Gasteiger partial charge in [-0.25, -0.2) is 14.6 Å². The van der Waals surface area contributed by atoms with Gasteiger partial charge < -0.3 is 25.3 Å². The van der Waals surface area contributed by atoms with Crippen LogP contribution in [0.2, 0.25) is 0 Å². The van der Waals surface area contributed by atoms with Crippen molar-refractivity contribution in [3.05, 3.63) is 119 Å². The molecule has 1 aromatic heterocycles. The molecule has 0 bridgehead atoms. The molecule has 0 aliphatic heterocycles. The van der Waals surface area contributed by atoms with Crippen LogP contribution >= 0.6 is 11.3 Å². The molecule has 4 rings (SSSR count). The number of nitrogens with one attached hydrogen (secondary N) is 2. The lowest BCUT2D eigenvalue weighted by Gasteiger charge is -2.36. The molecule has 1 amide bonds. The lowest BCUT2D eigenvalue weighted by molar-refractivity contribution is -0.129. The van der Waals surface area contributed by atoms with Gasteiger partial charge in [0.1, 0.15) is 23.4 Å². The van der Waals surface area contributed by atoms with Crippen molar-refractivity contribution in [3.8, 4) is 0 Å². The van der Waals surface area contributed by atoms with Crippen molar-refractivity contribution in [2.24, 2.45) is 5.16 Å². The second kappa shape index (κ2) is 13.1. The molecule has 1 heterocycles. The van der Waals surface area contributed by atoms with Crippen molar-refractivity contribution in [1.29, 1.82) is 0 Å². The van der Waals surface area contributed by atoms with Crippen molar-refractivity contribution in [2.75, 3.05) is 18.5 Å². The van der Waals surface area contributed by atoms with Crippen LogP contribution in [0.15, 0.2) is 102 Å². The van der Waals surface area contributed by atoms with Crippen LogP contribution in [-0.2, 0) is 19.9 Å². The zero-order valence-electron chi connectivity index (χ0n) is 23.0. The smallest absolute Gasteiger partial charge is 0.407 e. The molecule has 0 aliphatic carbocycles. The third-order valence-corrected chi connectivity index (χ3v) is 6.64. The first-order valence-corrected chi connectivity index (χ1v) is 13.9. The van der Waals surface area contributed by atoms with Gasteiger partial charge in [0.05, 0.1) is 6.54 Å². The highest BCUT2D eigenvalue weighted by Gasteiger charge is 2.37. The first-order valence-electron chi connectivity index (χ1n) is 13.0. The molecule has 0 saturated carbocycles. The number of oxime groups is 1. The van der Waals surface area contributed by atoms with Gasteiger partial charge in [0.15, 0.2) is 5.13 Å². The zero-order valence-corrected chi connectivity index (χ0v) is 23.9. The highest BCUT2D eigenvalue weighted by Crippen LogP contribution is 2.40. The van der Waals surface area contributed by atoms with Gasteiger partial charge in [0, 0.05) is 5.38 Å². The van der Waals surface area contributed by atoms with Crippen molar-refractivity contribution in [1.82, 2.24) is 10.3 Å². The first-order chi connectivity index (χ1) is 19.7. The van der Waals surface area contributed by atoms with Crippen LogP contribution in [0.25, 0.3) is 0 Å². The van der Waals surface area contributed by atoms with Gasteiger partial charge in [-0.1, -0.05) is 96.2 Å². The van der Waals surface area contributed by atoms with Crippen molar-refractivity contribution in [2.45, 2.75) is 31.9 Å². The summed E-state index contributed by atoms with van der Waals surface area (Å²) < 4.78 is 5.16. The van der Waals surface area contributed by atoms with E-state index in [9.17, 15) is 14.7 Å². The van der Waals surface area contributed by atoms with Crippen LogP contribution in [-0.4, -0.2) is 46.6 Å². The molecule has 4 aromatic rings. The topological polar surface area (TPSA) is 122 Å². The van der Waals surface area contributed by atoms with Gasteiger partial charge in [-0.05, 0) is 37.5 Å². The largest absolute Gasteiger partial charge is 0.476 e. The number of aromatic nitrogens is 1. The van der Waals surface area contributed by atoms with Gasteiger partial charge in [-0.3, -0.25) is 0 Å². The molecular formula is C31H32N4O5S. The molecule has 0 fully saturated rings. The second-order valence-corrected chi connectivity index (χ2v) is 10.9. The minimum absolute atomic E-state index is 0.0512. The van der Waals surface area contributed by atoms with Crippen LogP contribution in [0, 0.1) is 0 Å². The number of thiazole rings is 1. The van der Waals surface area contributed by atoms with Gasteiger partial charge in [0.25, 0.3) is 0 Å². The Kier molecular flexibility index (Phi) is 9.36. The molecule has 0 radical (unpaired) electrons. The number of carboxylic acid groups (broad SMARTS) is 1. The monoisotopic (exact) mass is 572 g/mol. The van der Waals surface area contributed by atoms with Gasteiger partial charge in [-0.15, -0.1) is 11.3 Å². The number of alkyl carbamates (subject to hydrolysis) is 1. The SMILES string of the molecule is CC(C)(C)OC(=O)NCCO/N=C(\C(=O)O)c1csc(NC(c2ccccc2)(c2ccccc2)c2ccccc2)n1. The van der Waals surface area contributed by atoms with Crippen molar-refractivity contribution < 1.29 is 24.3 Å². The summed E-state index contributed by atoms with van der Waals surface area (Å²) in [6, 6.07) is 30.1. The average Bonchev–Trinajstić information content (AvgIpc) is 3.41. The number of hydrogen-bond acceptors (Lipinski definition) is 8. The van der Waals surface area contributed by atoms with E-state index in [4.69, 9.17) is 9.57 Å². The number of anilines is 1. The Balaban J connectivity index is 1.60. The Morgan fingerprint density at radius 3 is 1.85 bits per heavy atom. The number of carbonyl (C=O) groups is 2. The lowest BCUT2D eigenvalue weighted by Crippen LogP contribution is -2.38. The summed E-state index contributed by atoms with van der Waals surface area (Å²) in [5.74, 6) is -1.29. The fourth-order valence-electron chi connectivity index (χ4n) is 4.20. The molecule has 0 atom stereocenters. The number of carbonyl (C=O) groups excluding carboxylic acids is 1. The summed E-state index contributed by atoms with van der Waals surface area (Å²) in [6.07, 6.45) is -0.600. The third-order valence-electron chi connectivity index (χ3n) is 5.88. The van der Waals surface area contributed by atoms with E-state index in [2.05, 4.69) is 20.8 Å². The fourth-order valence-corrected chi connectivity index (χ4v) is 4.95. The Bertz CT molecular complexity index is 1370. The predicted molar refractivity (Wildman–Crippen MR) is 159 cm³/mol. The van der Waals surface area contributed by atoms with Crippen molar-refractivity contribution in [3.63, 3.8) is 0 Å². The normalized spacial score (nSPS) is 11.9. The highest BCUT2D eigenvalue weighted by molar-refractivity contribution is 7.14. The summed E-state index contributed by atoms with van der Waals surface area (Å²) >= 11 is 1.26. The highest BCUT2D eigenvalue weighted by atomic mass is 32.1. The van der Waals surface area contributed by atoms with Crippen molar-refractivity contribution >= 4 is 34.2 Å². The van der Waals surface area contributed by atoms with Crippen LogP contribution in [0.3, 0.4) is 0 Å². The molecule has 3 N–H and O–H groups in total. The maximum Gasteiger partial charge on any atom is 0.407 e. The van der Waals surface area contributed by atoms with Crippen LogP contribution in [0.1, 0.15) is 43.2 Å². The van der Waals surface area contributed by atoms with E-state index >= 15 is 0 Å². The summed E-state index contributed by atoms with van der Waals surface area (Å²) in [5.41, 5.74) is 1.31. The summed E-state index contributed by atoms with van der Waals surface area (Å²) in [7, 11) is 0. The lowest BCUT2D eigenvalue weighted by atomic mass is 9.77. The summed E-state index contributed by atoms with van der Waals surface area (Å²) in [4.78, 5) is 33.6. The molecule has 0 aliphatic rings. The molecule has 212 valence electrons. The number of hydrogen-bond donors (Lipinski definition) is 3. The molecule has 0 spiro atoms. The zero-order chi connectivity index (χ0) is 29.3.